The Labute approximate surface area is 391 Å². The van der Waals surface area contributed by atoms with Gasteiger partial charge in [0.15, 0.2) is 13.2 Å². The van der Waals surface area contributed by atoms with Gasteiger partial charge in [-0.2, -0.15) is 26.3 Å². The van der Waals surface area contributed by atoms with Gasteiger partial charge in [-0.25, -0.2) is 9.59 Å². The molecule has 6 aromatic carbocycles. The first-order valence-electron chi connectivity index (χ1n) is 21.3. The predicted octanol–water partition coefficient (Wildman–Crippen LogP) is 10.1. The molecule has 2 aromatic heterocycles. The van der Waals surface area contributed by atoms with Crippen LogP contribution in [0.5, 0.6) is 23.0 Å². The highest BCUT2D eigenvalue weighted by Crippen LogP contribution is 2.40. The number of para-hydroxylation sites is 4. The molecule has 0 aliphatic heterocycles. The van der Waals surface area contributed by atoms with Crippen LogP contribution in [0.4, 0.5) is 37.7 Å². The topological polar surface area (TPSA) is 178 Å². The molecule has 2 heterocycles. The fraction of sp³-hybridized carbons (Fsp3) is 0.154. The van der Waals surface area contributed by atoms with Crippen molar-refractivity contribution in [2.75, 3.05) is 23.8 Å². The number of carbonyl (C=O) groups is 2. The van der Waals surface area contributed by atoms with Gasteiger partial charge < -0.3 is 39.2 Å². The van der Waals surface area contributed by atoms with E-state index >= 15 is 0 Å². The summed E-state index contributed by atoms with van der Waals surface area (Å²) in [6.07, 6.45) is -9.26. The molecule has 8 bridgehead atoms. The van der Waals surface area contributed by atoms with Crippen LogP contribution in [0.3, 0.4) is 0 Å². The maximum Gasteiger partial charge on any atom is 0.417 e. The zero-order valence-electron chi connectivity index (χ0n) is 36.2. The molecule has 0 atom stereocenters. The average molecular weight is 963 g/mol. The van der Waals surface area contributed by atoms with Crippen molar-refractivity contribution < 1.29 is 64.5 Å². The lowest BCUT2D eigenvalue weighted by molar-refractivity contribution is -0.137. The minimum Gasteiger partial charge on any atom is -0.507 e. The third kappa shape index (κ3) is 9.87. The SMILES string of the molecule is O=C(COc1c2cccc1Cc1cccc(c1O)Cc1cccc(c1OCC(=O)Nc1ccc3c(C(F)(F)F)cc(=O)oc3c1)Cc1cccc(c1O)C2)Nc1ccc2c(C(F)(F)F)cc(=O)oc2c1. The lowest BCUT2D eigenvalue weighted by Gasteiger charge is -2.20. The Hall–Kier alpha value is -8.54. The van der Waals surface area contributed by atoms with Crippen molar-refractivity contribution in [2.24, 2.45) is 0 Å². The van der Waals surface area contributed by atoms with Gasteiger partial charge in [0.25, 0.3) is 11.8 Å². The monoisotopic (exact) mass is 962 g/mol. The summed E-state index contributed by atoms with van der Waals surface area (Å²) in [6, 6.07) is 28.4. The molecular weight excluding hydrogens is 927 g/mol. The van der Waals surface area contributed by atoms with Crippen molar-refractivity contribution in [2.45, 2.75) is 38.0 Å². The molecule has 2 amide bonds. The Kier molecular flexibility index (Phi) is 12.3. The first kappa shape index (κ1) is 46.6. The second-order valence-electron chi connectivity index (χ2n) is 16.4. The number of alkyl halides is 6. The minimum atomic E-state index is -4.83. The Morgan fingerprint density at radius 3 is 1.11 bits per heavy atom. The van der Waals surface area contributed by atoms with Gasteiger partial charge in [-0.3, -0.25) is 9.59 Å². The molecule has 70 heavy (non-hydrogen) atoms. The van der Waals surface area contributed by atoms with Crippen LogP contribution >= 0.6 is 0 Å². The fourth-order valence-corrected chi connectivity index (χ4v) is 8.50. The summed E-state index contributed by atoms with van der Waals surface area (Å²) in [5.41, 5.74) is -1.37. The number of hydrogen-bond donors (Lipinski definition) is 4. The molecule has 18 heteroatoms. The highest BCUT2D eigenvalue weighted by atomic mass is 19.4. The Balaban J connectivity index is 0.996. The third-order valence-corrected chi connectivity index (χ3v) is 11.6. The zero-order chi connectivity index (χ0) is 49.5. The second kappa shape index (κ2) is 18.5. The number of halogens is 6. The normalized spacial score (nSPS) is 12.7. The van der Waals surface area contributed by atoms with Crippen molar-refractivity contribution in [3.8, 4) is 23.0 Å². The van der Waals surface area contributed by atoms with E-state index in [9.17, 15) is 55.7 Å². The zero-order valence-corrected chi connectivity index (χ0v) is 36.2. The summed E-state index contributed by atoms with van der Waals surface area (Å²) in [6.45, 7) is -1.16. The van der Waals surface area contributed by atoms with E-state index in [4.69, 9.17) is 18.3 Å². The van der Waals surface area contributed by atoms with E-state index in [0.717, 1.165) is 24.3 Å². The van der Waals surface area contributed by atoms with E-state index in [1.165, 1.54) is 12.1 Å². The van der Waals surface area contributed by atoms with Gasteiger partial charge in [-0.15, -0.1) is 0 Å². The molecule has 0 saturated heterocycles. The Morgan fingerprint density at radius 2 is 0.800 bits per heavy atom. The van der Waals surface area contributed by atoms with Crippen molar-refractivity contribution in [3.63, 3.8) is 0 Å². The second-order valence-corrected chi connectivity index (χ2v) is 16.4. The van der Waals surface area contributed by atoms with Gasteiger partial charge >= 0.3 is 23.6 Å². The minimum absolute atomic E-state index is 0.0376. The summed E-state index contributed by atoms with van der Waals surface area (Å²) < 4.78 is 104. The predicted molar refractivity (Wildman–Crippen MR) is 244 cm³/mol. The number of carbonyl (C=O) groups excluding carboxylic acids is 2. The van der Waals surface area contributed by atoms with E-state index in [0.29, 0.717) is 56.6 Å². The lowest BCUT2D eigenvalue weighted by atomic mass is 9.91. The molecule has 0 unspecified atom stereocenters. The smallest absolute Gasteiger partial charge is 0.417 e. The van der Waals surface area contributed by atoms with Crippen LogP contribution in [0.15, 0.2) is 140 Å². The number of fused-ring (bicyclic) bond motifs is 10. The van der Waals surface area contributed by atoms with Crippen molar-refractivity contribution in [3.05, 3.63) is 198 Å². The Morgan fingerprint density at radius 1 is 0.486 bits per heavy atom. The number of ether oxygens (including phenoxy) is 2. The molecule has 12 nitrogen and oxygen atoms in total. The number of amides is 2. The van der Waals surface area contributed by atoms with Gasteiger partial charge in [0.2, 0.25) is 0 Å². The molecule has 1 aliphatic carbocycles. The van der Waals surface area contributed by atoms with Gasteiger partial charge in [0.1, 0.15) is 34.2 Å². The summed E-state index contributed by atoms with van der Waals surface area (Å²) >= 11 is 0. The number of hydrogen-bond acceptors (Lipinski definition) is 10. The Bertz CT molecular complexity index is 3190. The van der Waals surface area contributed by atoms with E-state index in [2.05, 4.69) is 10.6 Å². The maximum atomic E-state index is 13.6. The number of benzene rings is 6. The number of rotatable bonds is 8. The number of anilines is 2. The summed E-state index contributed by atoms with van der Waals surface area (Å²) in [7, 11) is 0. The van der Waals surface area contributed by atoms with Gasteiger partial charge in [0.05, 0.1) is 11.1 Å². The standard InChI is InChI=1S/C52H36F6N2O10/c53-51(54,55)39-23-45(63)69-41-21-35(13-15-37(39)41)59-43(61)25-67-49-31-9-3-11-33(49)19-29-7-2-8-30(48(29)66)20-34-12-4-10-32(18-28-6-1-5-27(17-31)47(28)65)50(34)68-26-44(62)60-36-14-16-38-40(52(56,57)58)24-46(64)70-42(38)22-36/h1-16,21-24,65-66H,17-20,25-26H2,(H,59,61)(H,60,62). The summed E-state index contributed by atoms with van der Waals surface area (Å²) in [4.78, 5) is 50.6. The average Bonchev–Trinajstić information content (AvgIpc) is 3.29. The molecule has 0 radical (unpaired) electrons. The van der Waals surface area contributed by atoms with E-state index < -0.39 is 59.8 Å². The first-order chi connectivity index (χ1) is 33.4. The third-order valence-electron chi connectivity index (χ3n) is 11.6. The summed E-state index contributed by atoms with van der Waals surface area (Å²) in [5.74, 6) is -0.971. The van der Waals surface area contributed by atoms with E-state index in [1.54, 1.807) is 72.8 Å². The van der Waals surface area contributed by atoms with Crippen LogP contribution in [0, 0.1) is 0 Å². The quantitative estimate of drug-likeness (QED) is 0.0847. The maximum absolute atomic E-state index is 13.6. The molecule has 356 valence electrons. The largest absolute Gasteiger partial charge is 0.507 e. The van der Waals surface area contributed by atoms with Gasteiger partial charge in [-0.1, -0.05) is 72.8 Å². The van der Waals surface area contributed by atoms with E-state index in [-0.39, 0.29) is 82.0 Å². The van der Waals surface area contributed by atoms with Crippen molar-refractivity contribution >= 4 is 45.1 Å². The van der Waals surface area contributed by atoms with Crippen molar-refractivity contribution in [1.29, 1.82) is 0 Å². The number of aromatic hydroxyl groups is 2. The van der Waals surface area contributed by atoms with Crippen LogP contribution in [0.1, 0.15) is 55.6 Å². The fourth-order valence-electron chi connectivity index (χ4n) is 8.50. The molecular formula is C52H36F6N2O10. The number of phenolic OH excluding ortho intramolecular Hbond substituents is 2. The molecule has 9 rings (SSSR count). The van der Waals surface area contributed by atoms with Gasteiger partial charge in [-0.05, 0) is 68.8 Å². The molecule has 0 saturated carbocycles. The van der Waals surface area contributed by atoms with Crippen molar-refractivity contribution in [1.82, 2.24) is 0 Å². The molecule has 4 N–H and O–H groups in total. The van der Waals surface area contributed by atoms with Crippen LogP contribution in [0.25, 0.3) is 21.9 Å². The molecule has 8 aromatic rings. The number of nitrogens with one attached hydrogen (secondary N) is 2. The summed E-state index contributed by atoms with van der Waals surface area (Å²) in [5, 5.41) is 28.0. The lowest BCUT2D eigenvalue weighted by Crippen LogP contribution is -2.21. The van der Waals surface area contributed by atoms with Crippen LogP contribution in [-0.4, -0.2) is 35.2 Å². The van der Waals surface area contributed by atoms with Crippen LogP contribution in [0.2, 0.25) is 0 Å². The first-order valence-corrected chi connectivity index (χ1v) is 21.3. The highest BCUT2D eigenvalue weighted by Gasteiger charge is 2.35. The molecule has 0 fully saturated rings. The molecule has 0 spiro atoms. The highest BCUT2D eigenvalue weighted by molar-refractivity contribution is 5.95. The van der Waals surface area contributed by atoms with Crippen LogP contribution < -0.4 is 31.4 Å². The van der Waals surface area contributed by atoms with Crippen LogP contribution in [-0.2, 0) is 47.6 Å². The van der Waals surface area contributed by atoms with Gasteiger partial charge in [0, 0.05) is 72.1 Å². The van der Waals surface area contributed by atoms with E-state index in [1.807, 2.05) is 0 Å². The number of phenols is 2. The molecule has 1 aliphatic rings.